The minimum Gasteiger partial charge on any atom is -0.369 e. The molecule has 2 N–H and O–H groups in total. The zero-order chi connectivity index (χ0) is 14.4. The Kier molecular flexibility index (Phi) is 4.93. The van der Waals surface area contributed by atoms with Gasteiger partial charge in [0.1, 0.15) is 5.82 Å². The molecule has 0 atom stereocenters. The Bertz CT molecular complexity index is 438. The van der Waals surface area contributed by atoms with Crippen LogP contribution in [-0.2, 0) is 0 Å². The maximum absolute atomic E-state index is 12.1. The van der Waals surface area contributed by atoms with E-state index < -0.39 is 0 Å². The molecule has 0 saturated heterocycles. The lowest BCUT2D eigenvalue weighted by Gasteiger charge is -2.33. The van der Waals surface area contributed by atoms with Crippen LogP contribution in [0, 0.1) is 5.41 Å². The molecule has 1 amide bonds. The van der Waals surface area contributed by atoms with Gasteiger partial charge in [-0.15, -0.1) is 10.2 Å². The van der Waals surface area contributed by atoms with Crippen molar-refractivity contribution in [3.05, 3.63) is 17.8 Å². The molecule has 1 aliphatic rings. The normalized spacial score (nSPS) is 17.5. The van der Waals surface area contributed by atoms with Crippen molar-refractivity contribution in [3.8, 4) is 0 Å². The first-order valence-electron chi connectivity index (χ1n) is 7.49. The molecule has 1 saturated carbocycles. The lowest BCUT2D eigenvalue weighted by Crippen LogP contribution is -2.37. The highest BCUT2D eigenvalue weighted by Gasteiger charge is 2.27. The van der Waals surface area contributed by atoms with Gasteiger partial charge in [-0.05, 0) is 37.3 Å². The third-order valence-electron chi connectivity index (χ3n) is 3.99. The number of hydrogen-bond acceptors (Lipinski definition) is 4. The van der Waals surface area contributed by atoms with Crippen molar-refractivity contribution in [2.24, 2.45) is 5.41 Å². The average Bonchev–Trinajstić information content (AvgIpc) is 2.47. The summed E-state index contributed by atoms with van der Waals surface area (Å²) < 4.78 is 0. The van der Waals surface area contributed by atoms with Crippen molar-refractivity contribution >= 4 is 11.7 Å². The second-order valence-corrected chi connectivity index (χ2v) is 5.89. The number of amides is 1. The smallest absolute Gasteiger partial charge is 0.271 e. The van der Waals surface area contributed by atoms with Gasteiger partial charge < -0.3 is 10.6 Å². The molecule has 0 spiro atoms. The first kappa shape index (κ1) is 14.8. The molecule has 1 heterocycles. The Hall–Kier alpha value is -1.65. The summed E-state index contributed by atoms with van der Waals surface area (Å²) in [5.41, 5.74) is 0.622. The highest BCUT2D eigenvalue weighted by atomic mass is 16.1. The quantitative estimate of drug-likeness (QED) is 0.867. The fourth-order valence-corrected chi connectivity index (χ4v) is 2.70. The topological polar surface area (TPSA) is 66.9 Å². The molecular formula is C15H24N4O. The number of nitrogens with one attached hydrogen (secondary N) is 2. The Morgan fingerprint density at radius 3 is 2.60 bits per heavy atom. The number of carbonyl (C=O) groups is 1. The van der Waals surface area contributed by atoms with Gasteiger partial charge in [-0.3, -0.25) is 4.79 Å². The van der Waals surface area contributed by atoms with Crippen LogP contribution in [0.15, 0.2) is 12.1 Å². The van der Waals surface area contributed by atoms with E-state index >= 15 is 0 Å². The van der Waals surface area contributed by atoms with Gasteiger partial charge in [-0.2, -0.15) is 0 Å². The largest absolute Gasteiger partial charge is 0.369 e. The molecular weight excluding hydrogens is 252 g/mol. The maximum atomic E-state index is 12.1. The lowest BCUT2D eigenvalue weighted by molar-refractivity contribution is 0.0913. The summed E-state index contributed by atoms with van der Waals surface area (Å²) in [5.74, 6) is 0.565. The molecule has 5 heteroatoms. The van der Waals surface area contributed by atoms with Gasteiger partial charge in [0, 0.05) is 13.1 Å². The van der Waals surface area contributed by atoms with Gasteiger partial charge in [0.2, 0.25) is 0 Å². The van der Waals surface area contributed by atoms with E-state index in [0.29, 0.717) is 11.5 Å². The van der Waals surface area contributed by atoms with Crippen LogP contribution in [0.1, 0.15) is 56.4 Å². The van der Waals surface area contributed by atoms with Crippen LogP contribution in [0.5, 0.6) is 0 Å². The number of nitrogens with zero attached hydrogens (tertiary/aromatic N) is 2. The molecule has 20 heavy (non-hydrogen) atoms. The predicted octanol–water partition coefficient (Wildman–Crippen LogP) is 2.61. The van der Waals surface area contributed by atoms with E-state index in [4.69, 9.17) is 0 Å². The van der Waals surface area contributed by atoms with Gasteiger partial charge >= 0.3 is 0 Å². The van der Waals surface area contributed by atoms with Crippen LogP contribution in [0.25, 0.3) is 0 Å². The molecule has 1 aliphatic carbocycles. The molecule has 5 nitrogen and oxygen atoms in total. The fourth-order valence-electron chi connectivity index (χ4n) is 2.70. The molecule has 1 fully saturated rings. The Morgan fingerprint density at radius 1 is 1.25 bits per heavy atom. The molecule has 0 unspecified atom stereocenters. The number of anilines is 1. The van der Waals surface area contributed by atoms with Gasteiger partial charge in [-0.1, -0.05) is 26.2 Å². The molecule has 0 aromatic carbocycles. The number of aromatic nitrogens is 2. The zero-order valence-electron chi connectivity index (χ0n) is 12.4. The highest BCUT2D eigenvalue weighted by Crippen LogP contribution is 2.34. The van der Waals surface area contributed by atoms with Gasteiger partial charge in [-0.25, -0.2) is 0 Å². The summed E-state index contributed by atoms with van der Waals surface area (Å²) in [6.45, 7) is 5.76. The molecule has 2 rings (SSSR count). The number of hydrogen-bond donors (Lipinski definition) is 2. The van der Waals surface area contributed by atoms with Crippen molar-refractivity contribution in [2.45, 2.75) is 46.0 Å². The van der Waals surface area contributed by atoms with E-state index in [1.165, 1.54) is 32.1 Å². The minimum absolute atomic E-state index is 0.132. The molecule has 110 valence electrons. The summed E-state index contributed by atoms with van der Waals surface area (Å²) in [4.78, 5) is 12.1. The van der Waals surface area contributed by atoms with E-state index in [1.807, 2.05) is 6.92 Å². The first-order chi connectivity index (χ1) is 9.63. The van der Waals surface area contributed by atoms with E-state index in [0.717, 1.165) is 13.1 Å². The standard InChI is InChI=1S/C15H24N4O/c1-3-16-13-8-7-12(18-19-13)14(20)17-11-15(2)9-5-4-6-10-15/h7-8H,3-6,9-11H2,1-2H3,(H,16,19)(H,17,20). The zero-order valence-corrected chi connectivity index (χ0v) is 12.4. The van der Waals surface area contributed by atoms with Crippen molar-refractivity contribution in [1.82, 2.24) is 15.5 Å². The number of rotatable bonds is 5. The fraction of sp³-hybridized carbons (Fsp3) is 0.667. The molecule has 0 bridgehead atoms. The van der Waals surface area contributed by atoms with Crippen LogP contribution in [0.4, 0.5) is 5.82 Å². The van der Waals surface area contributed by atoms with E-state index in [2.05, 4.69) is 27.8 Å². The Labute approximate surface area is 120 Å². The third-order valence-corrected chi connectivity index (χ3v) is 3.99. The molecule has 1 aromatic heterocycles. The van der Waals surface area contributed by atoms with Gasteiger partial charge in [0.15, 0.2) is 5.69 Å². The summed E-state index contributed by atoms with van der Waals surface area (Å²) in [6, 6.07) is 3.50. The van der Waals surface area contributed by atoms with Crippen molar-refractivity contribution in [3.63, 3.8) is 0 Å². The maximum Gasteiger partial charge on any atom is 0.271 e. The third kappa shape index (κ3) is 3.92. The van der Waals surface area contributed by atoms with E-state index in [9.17, 15) is 4.79 Å². The summed E-state index contributed by atoms with van der Waals surface area (Å²) in [7, 11) is 0. The predicted molar refractivity (Wildman–Crippen MR) is 79.7 cm³/mol. The summed E-state index contributed by atoms with van der Waals surface area (Å²) >= 11 is 0. The number of carbonyl (C=O) groups excluding carboxylic acids is 1. The van der Waals surface area contributed by atoms with Crippen LogP contribution < -0.4 is 10.6 Å². The van der Waals surface area contributed by atoms with E-state index in [1.54, 1.807) is 12.1 Å². The minimum atomic E-state index is -0.132. The highest BCUT2D eigenvalue weighted by molar-refractivity contribution is 5.92. The Balaban J connectivity index is 1.87. The van der Waals surface area contributed by atoms with Crippen molar-refractivity contribution in [1.29, 1.82) is 0 Å². The van der Waals surface area contributed by atoms with Gasteiger partial charge in [0.05, 0.1) is 0 Å². The SMILES string of the molecule is CCNc1ccc(C(=O)NCC2(C)CCCCC2)nn1. The second-order valence-electron chi connectivity index (χ2n) is 5.89. The lowest BCUT2D eigenvalue weighted by atomic mass is 9.76. The average molecular weight is 276 g/mol. The first-order valence-corrected chi connectivity index (χ1v) is 7.49. The van der Waals surface area contributed by atoms with Gasteiger partial charge in [0.25, 0.3) is 5.91 Å². The monoisotopic (exact) mass is 276 g/mol. The van der Waals surface area contributed by atoms with Crippen LogP contribution in [0.2, 0.25) is 0 Å². The Morgan fingerprint density at radius 2 is 2.00 bits per heavy atom. The van der Waals surface area contributed by atoms with Crippen LogP contribution in [0.3, 0.4) is 0 Å². The van der Waals surface area contributed by atoms with Crippen molar-refractivity contribution < 1.29 is 4.79 Å². The summed E-state index contributed by atoms with van der Waals surface area (Å²) in [6.07, 6.45) is 6.24. The second kappa shape index (κ2) is 6.68. The van der Waals surface area contributed by atoms with Crippen LogP contribution in [-0.4, -0.2) is 29.2 Å². The molecule has 1 aromatic rings. The molecule has 0 radical (unpaired) electrons. The van der Waals surface area contributed by atoms with Crippen molar-refractivity contribution in [2.75, 3.05) is 18.4 Å². The van der Waals surface area contributed by atoms with E-state index in [-0.39, 0.29) is 11.3 Å². The van der Waals surface area contributed by atoms with Crippen LogP contribution >= 0.6 is 0 Å². The molecule has 0 aliphatic heterocycles. The summed E-state index contributed by atoms with van der Waals surface area (Å²) in [5, 5.41) is 14.0.